The zero-order chi connectivity index (χ0) is 36.4. The van der Waals surface area contributed by atoms with E-state index in [9.17, 15) is 9.46 Å². The number of hydrogen-bond donors (Lipinski definition) is 1. The minimum absolute atomic E-state index is 0.187. The maximum Gasteiger partial charge on any atom is 0.472 e. The van der Waals surface area contributed by atoms with E-state index >= 15 is 0 Å². The van der Waals surface area contributed by atoms with Crippen LogP contribution in [0.1, 0.15) is 239 Å². The molecule has 0 aromatic carbocycles. The van der Waals surface area contributed by atoms with Crippen molar-refractivity contribution in [3.8, 4) is 0 Å². The first kappa shape index (κ1) is 49.1. The molecule has 0 aliphatic rings. The molecule has 296 valence electrons. The Hall–Kier alpha value is 0.0700. The summed E-state index contributed by atoms with van der Waals surface area (Å²) >= 11 is 0. The monoisotopic (exact) mass is 717 g/mol. The van der Waals surface area contributed by atoms with Crippen LogP contribution in [0.15, 0.2) is 0 Å². The van der Waals surface area contributed by atoms with Crippen molar-refractivity contribution in [3.05, 3.63) is 0 Å². The Bertz CT molecular complexity index is 689. The first-order chi connectivity index (χ1) is 23.6. The molecule has 6 heteroatoms. The summed E-state index contributed by atoms with van der Waals surface area (Å²) in [7, 11) is 2.41. The lowest BCUT2D eigenvalue weighted by Crippen LogP contribution is -2.50. The van der Waals surface area contributed by atoms with Crippen LogP contribution in [0.25, 0.3) is 0 Å². The number of quaternary nitrogens is 1. The van der Waals surface area contributed by atoms with Crippen molar-refractivity contribution in [2.75, 3.05) is 34.3 Å². The maximum atomic E-state index is 13.0. The first-order valence-corrected chi connectivity index (χ1v) is 23.6. The molecule has 0 radical (unpaired) electrons. The lowest BCUT2D eigenvalue weighted by molar-refractivity contribution is -0.876. The molecule has 0 saturated carbocycles. The molecular weight excluding hydrogens is 625 g/mol. The number of unbranched alkanes of at least 4 members (excludes halogenated alkanes) is 30. The summed E-state index contributed by atoms with van der Waals surface area (Å²) in [5, 5.41) is 0. The second-order valence-electron chi connectivity index (χ2n) is 16.7. The fourth-order valence-corrected chi connectivity index (χ4v) is 8.80. The van der Waals surface area contributed by atoms with Gasteiger partial charge in [-0.2, -0.15) is 0 Å². The number of nitrogens with zero attached hydrogens (tertiary/aromatic N) is 1. The second-order valence-corrected chi connectivity index (χ2v) is 18.1. The Morgan fingerprint density at radius 3 is 0.918 bits per heavy atom. The zero-order valence-corrected chi connectivity index (χ0v) is 35.4. The van der Waals surface area contributed by atoms with Gasteiger partial charge in [-0.15, -0.1) is 0 Å². The van der Waals surface area contributed by atoms with Crippen molar-refractivity contribution in [1.82, 2.24) is 0 Å². The average Bonchev–Trinajstić information content (AvgIpc) is 3.03. The maximum absolute atomic E-state index is 13.0. The number of hydrogen-bond acceptors (Lipinski definition) is 3. The molecule has 0 fully saturated rings. The summed E-state index contributed by atoms with van der Waals surface area (Å²) in [6.07, 6.45) is 44.8. The normalized spacial score (nSPS) is 13.7. The van der Waals surface area contributed by atoms with Gasteiger partial charge in [0.2, 0.25) is 0 Å². The summed E-state index contributed by atoms with van der Waals surface area (Å²) in [6.45, 7) is 7.25. The highest BCUT2D eigenvalue weighted by Gasteiger charge is 2.42. The van der Waals surface area contributed by atoms with Gasteiger partial charge in [-0.25, -0.2) is 4.57 Å². The van der Waals surface area contributed by atoms with E-state index in [1.165, 1.54) is 193 Å². The van der Waals surface area contributed by atoms with Crippen LogP contribution in [-0.4, -0.2) is 49.3 Å². The zero-order valence-electron chi connectivity index (χ0n) is 34.5. The number of likely N-dealkylation sites (N-methyl/N-ethyl adjacent to an activating group) is 1. The van der Waals surface area contributed by atoms with Gasteiger partial charge in [0.15, 0.2) is 0 Å². The van der Waals surface area contributed by atoms with Gasteiger partial charge in [0.1, 0.15) is 12.1 Å². The quantitative estimate of drug-likeness (QED) is 0.0390. The van der Waals surface area contributed by atoms with E-state index in [1.807, 2.05) is 0 Å². The molecule has 0 bridgehead atoms. The Balaban J connectivity index is 4.40. The summed E-state index contributed by atoms with van der Waals surface area (Å²) < 4.78 is 25.1. The van der Waals surface area contributed by atoms with E-state index in [2.05, 4.69) is 35.0 Å². The van der Waals surface area contributed by atoms with Gasteiger partial charge in [-0.1, -0.05) is 219 Å². The SMILES string of the molecule is CCCCCCCCCCCCCCCCCCC(CCCCCCCCCCCCCCCCCC)(C[N+](C)(C)C)OP(=O)(O)OCC. The van der Waals surface area contributed by atoms with Gasteiger partial charge in [-0.05, 0) is 19.8 Å². The topological polar surface area (TPSA) is 55.8 Å². The fraction of sp³-hybridized carbons (Fsp3) is 1.00. The molecule has 0 heterocycles. The highest BCUT2D eigenvalue weighted by Crippen LogP contribution is 2.50. The van der Waals surface area contributed by atoms with Crippen LogP contribution in [-0.2, 0) is 13.6 Å². The molecule has 49 heavy (non-hydrogen) atoms. The summed E-state index contributed by atoms with van der Waals surface area (Å²) in [6, 6.07) is 0. The van der Waals surface area contributed by atoms with Gasteiger partial charge in [-0.3, -0.25) is 9.05 Å². The molecule has 1 atom stereocenters. The average molecular weight is 717 g/mol. The Morgan fingerprint density at radius 1 is 0.449 bits per heavy atom. The highest BCUT2D eigenvalue weighted by molar-refractivity contribution is 7.47. The van der Waals surface area contributed by atoms with E-state index in [0.717, 1.165) is 32.2 Å². The Kier molecular flexibility index (Phi) is 33.9. The summed E-state index contributed by atoms with van der Waals surface area (Å²) in [5.74, 6) is 0. The summed E-state index contributed by atoms with van der Waals surface area (Å²) in [5.41, 5.74) is -0.621. The van der Waals surface area contributed by atoms with Gasteiger partial charge >= 0.3 is 7.82 Å². The Labute approximate surface area is 309 Å². The van der Waals surface area contributed by atoms with Crippen LogP contribution >= 0.6 is 7.82 Å². The second kappa shape index (κ2) is 33.9. The third-order valence-corrected chi connectivity index (χ3v) is 11.5. The van der Waals surface area contributed by atoms with Crippen molar-refractivity contribution in [2.24, 2.45) is 0 Å². The van der Waals surface area contributed by atoms with Gasteiger partial charge in [0, 0.05) is 0 Å². The minimum Gasteiger partial charge on any atom is -0.329 e. The Morgan fingerprint density at radius 2 is 0.694 bits per heavy atom. The van der Waals surface area contributed by atoms with E-state index in [1.54, 1.807) is 6.92 Å². The third-order valence-electron chi connectivity index (χ3n) is 10.3. The molecule has 1 N–H and O–H groups in total. The highest BCUT2D eigenvalue weighted by atomic mass is 31.2. The van der Waals surface area contributed by atoms with Crippen molar-refractivity contribution in [2.45, 2.75) is 245 Å². The van der Waals surface area contributed by atoms with E-state index in [4.69, 9.17) is 9.05 Å². The smallest absolute Gasteiger partial charge is 0.329 e. The predicted octanol–water partition coefficient (Wildman–Crippen LogP) is 14.9. The van der Waals surface area contributed by atoms with E-state index in [0.29, 0.717) is 4.48 Å². The summed E-state index contributed by atoms with van der Waals surface area (Å²) in [4.78, 5) is 10.6. The standard InChI is InChI=1S/C43H90NO4P/c1-7-10-12-14-16-18-20-22-24-26-28-30-32-34-36-38-40-43(42-44(4,5)6,48-49(45,46)47-9-3)41-39-37-35-33-31-29-27-25-23-21-19-17-15-13-11-8-2/h7-42H2,1-6H3/p+1. The van der Waals surface area contributed by atoms with Crippen molar-refractivity contribution < 1.29 is 23.0 Å². The predicted molar refractivity (Wildman–Crippen MR) is 216 cm³/mol. The number of phosphoric ester groups is 1. The van der Waals surface area contributed by atoms with Gasteiger partial charge in [0.25, 0.3) is 0 Å². The molecular formula is C43H91NO4P+. The lowest BCUT2D eigenvalue weighted by Gasteiger charge is -2.40. The van der Waals surface area contributed by atoms with Crippen LogP contribution in [0.4, 0.5) is 0 Å². The van der Waals surface area contributed by atoms with Crippen LogP contribution in [0.2, 0.25) is 0 Å². The van der Waals surface area contributed by atoms with E-state index in [-0.39, 0.29) is 6.61 Å². The molecule has 0 amide bonds. The molecule has 5 nitrogen and oxygen atoms in total. The fourth-order valence-electron chi connectivity index (χ4n) is 7.69. The molecule has 0 spiro atoms. The third kappa shape index (κ3) is 34.9. The molecule has 0 rings (SSSR count). The number of rotatable bonds is 40. The van der Waals surface area contributed by atoms with Crippen molar-refractivity contribution >= 4 is 7.82 Å². The largest absolute Gasteiger partial charge is 0.472 e. The van der Waals surface area contributed by atoms with Crippen LogP contribution in [0, 0.1) is 0 Å². The molecule has 0 aromatic heterocycles. The molecule has 1 unspecified atom stereocenters. The lowest BCUT2D eigenvalue weighted by atomic mass is 9.88. The van der Waals surface area contributed by atoms with Crippen LogP contribution < -0.4 is 0 Å². The molecule has 0 aliphatic carbocycles. The van der Waals surface area contributed by atoms with Crippen LogP contribution in [0.3, 0.4) is 0 Å². The molecule has 0 saturated heterocycles. The van der Waals surface area contributed by atoms with Crippen molar-refractivity contribution in [1.29, 1.82) is 0 Å². The van der Waals surface area contributed by atoms with Gasteiger partial charge in [0.05, 0.1) is 27.7 Å². The first-order valence-electron chi connectivity index (χ1n) is 22.1. The van der Waals surface area contributed by atoms with Crippen LogP contribution in [0.5, 0.6) is 0 Å². The van der Waals surface area contributed by atoms with Crippen molar-refractivity contribution in [3.63, 3.8) is 0 Å². The minimum atomic E-state index is -4.09. The number of phosphoric acid groups is 1. The van der Waals surface area contributed by atoms with Gasteiger partial charge < -0.3 is 9.38 Å². The molecule has 0 aromatic rings. The molecule has 0 aliphatic heterocycles. The van der Waals surface area contributed by atoms with E-state index < -0.39 is 13.4 Å².